The molecule has 1 aromatic carbocycles. The molecule has 0 aromatic heterocycles. The van der Waals surface area contributed by atoms with E-state index in [0.717, 1.165) is 31.4 Å². The monoisotopic (exact) mass is 346 g/mol. The maximum absolute atomic E-state index is 12.4. The smallest absolute Gasteiger partial charge is 0.401 e. The van der Waals surface area contributed by atoms with Gasteiger partial charge in [-0.05, 0) is 56.6 Å². The summed E-state index contributed by atoms with van der Waals surface area (Å²) in [5, 5.41) is 3.44. The molecular formula is C17H25F3N2O2. The second-order valence-electron chi connectivity index (χ2n) is 6.06. The van der Waals surface area contributed by atoms with Gasteiger partial charge in [-0.25, -0.2) is 0 Å². The second kappa shape index (κ2) is 8.58. The molecule has 0 aliphatic carbocycles. The predicted octanol–water partition coefficient (Wildman–Crippen LogP) is 2.86. The van der Waals surface area contributed by atoms with Crippen LogP contribution in [-0.4, -0.2) is 57.5 Å². The summed E-state index contributed by atoms with van der Waals surface area (Å²) < 4.78 is 47.6. The van der Waals surface area contributed by atoms with Gasteiger partial charge in [0.15, 0.2) is 11.5 Å². The summed E-state index contributed by atoms with van der Waals surface area (Å²) in [5.41, 5.74) is 1.13. The lowest BCUT2D eigenvalue weighted by Gasteiger charge is -2.32. The van der Waals surface area contributed by atoms with Crippen molar-refractivity contribution >= 4 is 0 Å². The van der Waals surface area contributed by atoms with Crippen molar-refractivity contribution in [2.75, 3.05) is 40.4 Å². The number of hydrogen-bond acceptors (Lipinski definition) is 4. The molecular weight excluding hydrogens is 321 g/mol. The molecule has 1 N–H and O–H groups in total. The number of hydrogen-bond donors (Lipinski definition) is 1. The SMILES string of the molecule is COc1ccc(CCNC2CCN(CC(F)(F)F)CC2)cc1OC. The Labute approximate surface area is 140 Å². The van der Waals surface area contributed by atoms with Crippen LogP contribution in [0.3, 0.4) is 0 Å². The van der Waals surface area contributed by atoms with E-state index in [1.54, 1.807) is 14.2 Å². The lowest BCUT2D eigenvalue weighted by Crippen LogP contribution is -2.45. The van der Waals surface area contributed by atoms with Crippen LogP contribution in [0.25, 0.3) is 0 Å². The summed E-state index contributed by atoms with van der Waals surface area (Å²) >= 11 is 0. The number of nitrogens with one attached hydrogen (secondary N) is 1. The summed E-state index contributed by atoms with van der Waals surface area (Å²) in [6, 6.07) is 6.11. The van der Waals surface area contributed by atoms with Gasteiger partial charge in [-0.15, -0.1) is 0 Å². The first-order chi connectivity index (χ1) is 11.4. The van der Waals surface area contributed by atoms with Crippen LogP contribution in [0.5, 0.6) is 11.5 Å². The Bertz CT molecular complexity index is 515. The maximum atomic E-state index is 12.4. The Kier molecular flexibility index (Phi) is 6.74. The van der Waals surface area contributed by atoms with Gasteiger partial charge in [0, 0.05) is 6.04 Å². The zero-order chi connectivity index (χ0) is 17.6. The molecule has 1 heterocycles. The van der Waals surface area contributed by atoms with Gasteiger partial charge in [0.2, 0.25) is 0 Å². The van der Waals surface area contributed by atoms with Gasteiger partial charge >= 0.3 is 6.18 Å². The van der Waals surface area contributed by atoms with E-state index in [4.69, 9.17) is 9.47 Å². The molecule has 0 saturated carbocycles. The minimum Gasteiger partial charge on any atom is -0.493 e. The molecule has 24 heavy (non-hydrogen) atoms. The van der Waals surface area contributed by atoms with Crippen LogP contribution in [0.2, 0.25) is 0 Å². The lowest BCUT2D eigenvalue weighted by atomic mass is 10.0. The molecule has 136 valence electrons. The summed E-state index contributed by atoms with van der Waals surface area (Å²) in [6.07, 6.45) is -1.76. The van der Waals surface area contributed by atoms with Crippen molar-refractivity contribution in [2.24, 2.45) is 0 Å². The Morgan fingerprint density at radius 3 is 2.38 bits per heavy atom. The minimum absolute atomic E-state index is 0.287. The van der Waals surface area contributed by atoms with E-state index < -0.39 is 12.7 Å². The van der Waals surface area contributed by atoms with Gasteiger partial charge in [-0.2, -0.15) is 13.2 Å². The topological polar surface area (TPSA) is 33.7 Å². The molecule has 2 rings (SSSR count). The van der Waals surface area contributed by atoms with Crippen LogP contribution in [0.4, 0.5) is 13.2 Å². The molecule has 1 aliphatic rings. The van der Waals surface area contributed by atoms with Crippen molar-refractivity contribution in [1.82, 2.24) is 10.2 Å². The number of piperidine rings is 1. The zero-order valence-electron chi connectivity index (χ0n) is 14.2. The first-order valence-corrected chi connectivity index (χ1v) is 8.14. The normalized spacial score (nSPS) is 17.0. The number of likely N-dealkylation sites (tertiary alicyclic amines) is 1. The molecule has 0 spiro atoms. The fourth-order valence-corrected chi connectivity index (χ4v) is 3.01. The standard InChI is InChI=1S/C17H25F3N2O2/c1-23-15-4-3-13(11-16(15)24-2)5-8-21-14-6-9-22(10-7-14)12-17(18,19)20/h3-4,11,14,21H,5-10,12H2,1-2H3. The van der Waals surface area contributed by atoms with Gasteiger partial charge in [0.25, 0.3) is 0 Å². The molecule has 0 bridgehead atoms. The number of benzene rings is 1. The van der Waals surface area contributed by atoms with Crippen molar-refractivity contribution in [2.45, 2.75) is 31.5 Å². The van der Waals surface area contributed by atoms with E-state index in [9.17, 15) is 13.2 Å². The number of halogens is 3. The zero-order valence-corrected chi connectivity index (χ0v) is 14.2. The summed E-state index contributed by atoms with van der Waals surface area (Å²) in [5.74, 6) is 1.40. The third-order valence-electron chi connectivity index (χ3n) is 4.29. The average molecular weight is 346 g/mol. The third-order valence-corrected chi connectivity index (χ3v) is 4.29. The Morgan fingerprint density at radius 2 is 1.79 bits per heavy atom. The summed E-state index contributed by atoms with van der Waals surface area (Å²) in [4.78, 5) is 1.48. The number of nitrogens with zero attached hydrogens (tertiary/aromatic N) is 1. The molecule has 4 nitrogen and oxygen atoms in total. The molecule has 1 aliphatic heterocycles. The number of methoxy groups -OCH3 is 2. The number of rotatable bonds is 7. The molecule has 0 unspecified atom stereocenters. The average Bonchev–Trinajstić information content (AvgIpc) is 2.55. The first-order valence-electron chi connectivity index (χ1n) is 8.14. The van der Waals surface area contributed by atoms with Crippen molar-refractivity contribution in [1.29, 1.82) is 0 Å². The second-order valence-corrected chi connectivity index (χ2v) is 6.06. The van der Waals surface area contributed by atoms with Crippen molar-refractivity contribution in [3.63, 3.8) is 0 Å². The van der Waals surface area contributed by atoms with E-state index in [-0.39, 0.29) is 6.04 Å². The van der Waals surface area contributed by atoms with Crippen LogP contribution in [0, 0.1) is 0 Å². The molecule has 0 radical (unpaired) electrons. The van der Waals surface area contributed by atoms with E-state index in [2.05, 4.69) is 5.32 Å². The van der Waals surface area contributed by atoms with Crippen LogP contribution >= 0.6 is 0 Å². The molecule has 0 atom stereocenters. The largest absolute Gasteiger partial charge is 0.493 e. The van der Waals surface area contributed by atoms with E-state index in [1.165, 1.54) is 4.90 Å². The van der Waals surface area contributed by atoms with E-state index in [0.29, 0.717) is 24.6 Å². The minimum atomic E-state index is -4.10. The van der Waals surface area contributed by atoms with Crippen molar-refractivity contribution < 1.29 is 22.6 Å². The van der Waals surface area contributed by atoms with Gasteiger partial charge in [0.1, 0.15) is 0 Å². The quantitative estimate of drug-likeness (QED) is 0.823. The van der Waals surface area contributed by atoms with Gasteiger partial charge in [-0.1, -0.05) is 6.07 Å². The molecule has 1 aromatic rings. The van der Waals surface area contributed by atoms with Crippen LogP contribution in [0.1, 0.15) is 18.4 Å². The van der Waals surface area contributed by atoms with Gasteiger partial charge in [-0.3, -0.25) is 4.90 Å². The highest BCUT2D eigenvalue weighted by Gasteiger charge is 2.32. The first kappa shape index (κ1) is 18.9. The van der Waals surface area contributed by atoms with Crippen LogP contribution in [-0.2, 0) is 6.42 Å². The molecule has 1 fully saturated rings. The lowest BCUT2D eigenvalue weighted by molar-refractivity contribution is -0.148. The van der Waals surface area contributed by atoms with Crippen molar-refractivity contribution in [3.05, 3.63) is 23.8 Å². The molecule has 1 saturated heterocycles. The Hall–Kier alpha value is -1.47. The van der Waals surface area contributed by atoms with Crippen molar-refractivity contribution in [3.8, 4) is 11.5 Å². The fraction of sp³-hybridized carbons (Fsp3) is 0.647. The fourth-order valence-electron chi connectivity index (χ4n) is 3.01. The maximum Gasteiger partial charge on any atom is 0.401 e. The number of alkyl halides is 3. The Balaban J connectivity index is 1.72. The number of ether oxygens (including phenoxy) is 2. The van der Waals surface area contributed by atoms with Crippen LogP contribution < -0.4 is 14.8 Å². The Morgan fingerprint density at radius 1 is 1.12 bits per heavy atom. The summed E-state index contributed by atoms with van der Waals surface area (Å²) in [6.45, 7) is 0.978. The highest BCUT2D eigenvalue weighted by Crippen LogP contribution is 2.27. The highest BCUT2D eigenvalue weighted by atomic mass is 19.4. The van der Waals surface area contributed by atoms with E-state index >= 15 is 0 Å². The van der Waals surface area contributed by atoms with Gasteiger partial charge < -0.3 is 14.8 Å². The predicted molar refractivity (Wildman–Crippen MR) is 86.8 cm³/mol. The molecule has 7 heteroatoms. The van der Waals surface area contributed by atoms with Crippen LogP contribution in [0.15, 0.2) is 18.2 Å². The summed E-state index contributed by atoms with van der Waals surface area (Å²) in [7, 11) is 3.21. The van der Waals surface area contributed by atoms with E-state index in [1.807, 2.05) is 18.2 Å². The highest BCUT2D eigenvalue weighted by molar-refractivity contribution is 5.42. The third kappa shape index (κ3) is 5.87. The van der Waals surface area contributed by atoms with Gasteiger partial charge in [0.05, 0.1) is 20.8 Å². The molecule has 0 amide bonds.